The average molecular weight is 275 g/mol. The van der Waals surface area contributed by atoms with Gasteiger partial charge in [-0.2, -0.15) is 0 Å². The summed E-state index contributed by atoms with van der Waals surface area (Å²) in [5.41, 5.74) is 1.42. The third-order valence-electron chi connectivity index (χ3n) is 4.66. The van der Waals surface area contributed by atoms with E-state index < -0.39 is 0 Å². The Hall–Kier alpha value is -1.55. The standard InChI is InChI=1S/C16H22N2O2/c19-15(20-12-14-4-2-1-3-5-14)18-11-8-16(13-18)6-9-17-10-7-16/h1-5,17H,6-13H2/p+1. The first-order valence-corrected chi connectivity index (χ1v) is 7.55. The number of ether oxygens (including phenoxy) is 1. The highest BCUT2D eigenvalue weighted by Crippen LogP contribution is 2.37. The van der Waals surface area contributed by atoms with E-state index in [1.807, 2.05) is 35.2 Å². The maximum absolute atomic E-state index is 12.1. The number of hydrogen-bond acceptors (Lipinski definition) is 2. The highest BCUT2D eigenvalue weighted by molar-refractivity contribution is 5.68. The number of hydrogen-bond donors (Lipinski definition) is 1. The lowest BCUT2D eigenvalue weighted by Gasteiger charge is -2.31. The molecule has 0 aromatic heterocycles. The third kappa shape index (κ3) is 2.96. The molecule has 4 nitrogen and oxygen atoms in total. The first-order valence-electron chi connectivity index (χ1n) is 7.55. The van der Waals surface area contributed by atoms with Crippen molar-refractivity contribution in [3.8, 4) is 0 Å². The molecule has 0 atom stereocenters. The van der Waals surface area contributed by atoms with Gasteiger partial charge in [-0.05, 0) is 12.0 Å². The quantitative estimate of drug-likeness (QED) is 0.886. The fourth-order valence-corrected chi connectivity index (χ4v) is 3.40. The molecule has 0 bridgehead atoms. The van der Waals surface area contributed by atoms with Crippen LogP contribution in [0.5, 0.6) is 0 Å². The SMILES string of the molecule is O=C(OCc1ccccc1)N1CCC2(CC[NH2+]CC2)C1. The number of benzene rings is 1. The molecule has 1 aromatic carbocycles. The second-order valence-electron chi connectivity index (χ2n) is 6.08. The number of quaternary nitrogens is 1. The molecule has 1 aromatic rings. The van der Waals surface area contributed by atoms with Crippen molar-refractivity contribution in [1.82, 2.24) is 4.90 Å². The van der Waals surface area contributed by atoms with Gasteiger partial charge >= 0.3 is 6.09 Å². The van der Waals surface area contributed by atoms with Crippen molar-refractivity contribution in [2.24, 2.45) is 5.41 Å². The summed E-state index contributed by atoms with van der Waals surface area (Å²) < 4.78 is 5.43. The molecule has 2 heterocycles. The molecule has 2 aliphatic heterocycles. The molecule has 0 unspecified atom stereocenters. The van der Waals surface area contributed by atoms with E-state index >= 15 is 0 Å². The van der Waals surface area contributed by atoms with Gasteiger partial charge in [-0.25, -0.2) is 4.79 Å². The Labute approximate surface area is 120 Å². The molecular formula is C16H23N2O2+. The van der Waals surface area contributed by atoms with E-state index in [1.54, 1.807) is 0 Å². The van der Waals surface area contributed by atoms with E-state index in [0.717, 1.165) is 25.1 Å². The molecule has 2 saturated heterocycles. The number of rotatable bonds is 2. The minimum Gasteiger partial charge on any atom is -0.445 e. The predicted molar refractivity (Wildman–Crippen MR) is 76.1 cm³/mol. The van der Waals surface area contributed by atoms with Gasteiger partial charge in [0.2, 0.25) is 0 Å². The van der Waals surface area contributed by atoms with Gasteiger partial charge in [0, 0.05) is 31.3 Å². The maximum Gasteiger partial charge on any atom is 0.410 e. The zero-order valence-electron chi connectivity index (χ0n) is 11.9. The van der Waals surface area contributed by atoms with Gasteiger partial charge in [0.1, 0.15) is 6.61 Å². The van der Waals surface area contributed by atoms with Crippen molar-refractivity contribution in [3.63, 3.8) is 0 Å². The molecule has 0 saturated carbocycles. The summed E-state index contributed by atoms with van der Waals surface area (Å²) in [7, 11) is 0. The van der Waals surface area contributed by atoms with Crippen LogP contribution in [0.2, 0.25) is 0 Å². The summed E-state index contributed by atoms with van der Waals surface area (Å²) in [4.78, 5) is 14.0. The number of likely N-dealkylation sites (tertiary alicyclic amines) is 1. The number of carbonyl (C=O) groups is 1. The molecular weight excluding hydrogens is 252 g/mol. The summed E-state index contributed by atoms with van der Waals surface area (Å²) in [6.45, 7) is 4.51. The van der Waals surface area contributed by atoms with E-state index in [-0.39, 0.29) is 6.09 Å². The van der Waals surface area contributed by atoms with Crippen LogP contribution in [0.25, 0.3) is 0 Å². The summed E-state index contributed by atoms with van der Waals surface area (Å²) in [5.74, 6) is 0. The largest absolute Gasteiger partial charge is 0.445 e. The number of nitrogens with two attached hydrogens (primary N) is 1. The zero-order valence-corrected chi connectivity index (χ0v) is 11.9. The number of amides is 1. The Balaban J connectivity index is 1.51. The highest BCUT2D eigenvalue weighted by Gasteiger charge is 2.42. The molecule has 4 heteroatoms. The van der Waals surface area contributed by atoms with Gasteiger partial charge in [0.25, 0.3) is 0 Å². The van der Waals surface area contributed by atoms with Crippen molar-refractivity contribution in [2.75, 3.05) is 26.2 Å². The fraction of sp³-hybridized carbons (Fsp3) is 0.562. The lowest BCUT2D eigenvalue weighted by atomic mass is 9.78. The summed E-state index contributed by atoms with van der Waals surface area (Å²) in [6.07, 6.45) is 3.45. The molecule has 2 aliphatic rings. The van der Waals surface area contributed by atoms with Gasteiger partial charge in [-0.15, -0.1) is 0 Å². The van der Waals surface area contributed by atoms with Crippen LogP contribution in [0, 0.1) is 5.41 Å². The molecule has 2 N–H and O–H groups in total. The minimum absolute atomic E-state index is 0.153. The highest BCUT2D eigenvalue weighted by atomic mass is 16.6. The van der Waals surface area contributed by atoms with Gasteiger partial charge < -0.3 is 15.0 Å². The fourth-order valence-electron chi connectivity index (χ4n) is 3.40. The van der Waals surface area contributed by atoms with Crippen LogP contribution >= 0.6 is 0 Å². The Bertz CT molecular complexity index is 455. The number of nitrogens with zero attached hydrogens (tertiary/aromatic N) is 1. The molecule has 2 fully saturated rings. The molecule has 1 spiro atoms. The lowest BCUT2D eigenvalue weighted by Crippen LogP contribution is -2.87. The monoisotopic (exact) mass is 275 g/mol. The topological polar surface area (TPSA) is 46.1 Å². The number of carbonyl (C=O) groups excluding carboxylic acids is 1. The lowest BCUT2D eigenvalue weighted by molar-refractivity contribution is -0.667. The van der Waals surface area contributed by atoms with Crippen LogP contribution in [-0.2, 0) is 11.3 Å². The van der Waals surface area contributed by atoms with Crippen molar-refractivity contribution < 1.29 is 14.8 Å². The number of piperidine rings is 1. The Morgan fingerprint density at radius 2 is 1.95 bits per heavy atom. The Kier molecular flexibility index (Phi) is 3.92. The first kappa shape index (κ1) is 13.4. The van der Waals surface area contributed by atoms with Crippen molar-refractivity contribution in [2.45, 2.75) is 25.9 Å². The van der Waals surface area contributed by atoms with Crippen LogP contribution in [0.4, 0.5) is 4.79 Å². The summed E-state index contributed by atoms with van der Waals surface area (Å²) in [6, 6.07) is 9.86. The molecule has 1 amide bonds. The maximum atomic E-state index is 12.1. The van der Waals surface area contributed by atoms with Crippen molar-refractivity contribution in [1.29, 1.82) is 0 Å². The van der Waals surface area contributed by atoms with Crippen LogP contribution in [-0.4, -0.2) is 37.2 Å². The molecule has 0 aliphatic carbocycles. The van der Waals surface area contributed by atoms with Crippen LogP contribution in [0.3, 0.4) is 0 Å². The molecule has 0 radical (unpaired) electrons. The molecule has 20 heavy (non-hydrogen) atoms. The summed E-state index contributed by atoms with van der Waals surface area (Å²) >= 11 is 0. The van der Waals surface area contributed by atoms with E-state index in [0.29, 0.717) is 12.0 Å². The van der Waals surface area contributed by atoms with Crippen molar-refractivity contribution >= 4 is 6.09 Å². The van der Waals surface area contributed by atoms with Crippen molar-refractivity contribution in [3.05, 3.63) is 35.9 Å². The minimum atomic E-state index is -0.153. The Morgan fingerprint density at radius 3 is 2.70 bits per heavy atom. The van der Waals surface area contributed by atoms with E-state index in [1.165, 1.54) is 25.9 Å². The van der Waals surface area contributed by atoms with E-state index in [2.05, 4.69) is 5.32 Å². The van der Waals surface area contributed by atoms with Gasteiger partial charge in [-0.3, -0.25) is 0 Å². The smallest absolute Gasteiger partial charge is 0.410 e. The summed E-state index contributed by atoms with van der Waals surface area (Å²) in [5, 5.41) is 2.38. The van der Waals surface area contributed by atoms with Crippen LogP contribution < -0.4 is 5.32 Å². The van der Waals surface area contributed by atoms with E-state index in [9.17, 15) is 4.79 Å². The second kappa shape index (κ2) is 5.83. The van der Waals surface area contributed by atoms with Gasteiger partial charge in [-0.1, -0.05) is 30.3 Å². The second-order valence-corrected chi connectivity index (χ2v) is 6.08. The predicted octanol–water partition coefficient (Wildman–Crippen LogP) is 1.37. The molecule has 108 valence electrons. The van der Waals surface area contributed by atoms with Crippen LogP contribution in [0.15, 0.2) is 30.3 Å². The normalized spacial score (nSPS) is 21.1. The van der Waals surface area contributed by atoms with Crippen LogP contribution in [0.1, 0.15) is 24.8 Å². The average Bonchev–Trinajstić information content (AvgIpc) is 2.90. The van der Waals surface area contributed by atoms with Gasteiger partial charge in [0.15, 0.2) is 0 Å². The zero-order chi connectivity index (χ0) is 13.8. The van der Waals surface area contributed by atoms with Gasteiger partial charge in [0.05, 0.1) is 13.1 Å². The Morgan fingerprint density at radius 1 is 1.20 bits per heavy atom. The first-order chi connectivity index (χ1) is 9.77. The van der Waals surface area contributed by atoms with E-state index in [4.69, 9.17) is 4.74 Å². The molecule has 3 rings (SSSR count). The third-order valence-corrected chi connectivity index (χ3v) is 4.66.